The molecule has 4 heteroatoms. The molecule has 0 radical (unpaired) electrons. The summed E-state index contributed by atoms with van der Waals surface area (Å²) in [4.78, 5) is 0. The van der Waals surface area contributed by atoms with Gasteiger partial charge in [0.2, 0.25) is 0 Å². The lowest BCUT2D eigenvalue weighted by Crippen LogP contribution is -1.99. The number of hydrogen-bond donors (Lipinski definition) is 1. The Morgan fingerprint density at radius 3 is 2.81 bits per heavy atom. The van der Waals surface area contributed by atoms with Crippen molar-refractivity contribution in [3.63, 3.8) is 0 Å². The molecule has 0 aliphatic heterocycles. The highest BCUT2D eigenvalue weighted by Gasteiger charge is 2.06. The van der Waals surface area contributed by atoms with Crippen LogP contribution in [0.1, 0.15) is 11.1 Å². The van der Waals surface area contributed by atoms with Crippen LogP contribution in [0.25, 0.3) is 10.9 Å². The van der Waals surface area contributed by atoms with Crippen LogP contribution in [0, 0.1) is 11.3 Å². The lowest BCUT2D eigenvalue weighted by atomic mass is 10.1. The molecular weight excluding hydrogens is 262 g/mol. The number of ether oxygens (including phenoxy) is 1. The lowest BCUT2D eigenvalue weighted by molar-refractivity contribution is 0.413. The summed E-state index contributed by atoms with van der Waals surface area (Å²) in [6.07, 6.45) is 2.03. The molecule has 104 valence electrons. The van der Waals surface area contributed by atoms with Gasteiger partial charge in [-0.25, -0.2) is 0 Å². The monoisotopic (exact) mass is 277 g/mol. The molecule has 3 aromatic rings. The average Bonchev–Trinajstić information content (AvgIpc) is 2.89. The highest BCUT2D eigenvalue weighted by Crippen LogP contribution is 2.22. The molecule has 2 aromatic carbocycles. The number of rotatable bonds is 3. The number of nitriles is 1. The van der Waals surface area contributed by atoms with Crippen molar-refractivity contribution >= 4 is 16.6 Å². The zero-order valence-electron chi connectivity index (χ0n) is 11.7. The van der Waals surface area contributed by atoms with E-state index < -0.39 is 0 Å². The second kappa shape index (κ2) is 5.22. The Balaban J connectivity index is 1.99. The van der Waals surface area contributed by atoms with Gasteiger partial charge < -0.3 is 15.0 Å². The number of aromatic nitrogens is 1. The molecule has 1 heterocycles. The Hall–Kier alpha value is -2.93. The van der Waals surface area contributed by atoms with Gasteiger partial charge in [0.25, 0.3) is 0 Å². The van der Waals surface area contributed by atoms with E-state index in [2.05, 4.69) is 16.7 Å². The van der Waals surface area contributed by atoms with Crippen molar-refractivity contribution in [1.82, 2.24) is 4.57 Å². The van der Waals surface area contributed by atoms with Crippen LogP contribution in [0.4, 0.5) is 5.69 Å². The number of nitrogens with two attached hydrogens (primary N) is 1. The Bertz CT molecular complexity index is 843. The predicted molar refractivity (Wildman–Crippen MR) is 83.2 cm³/mol. The SMILES string of the molecule is COc1ccc(Cn2ccc3ccc(N)cc32)cc1C#N. The number of nitrogens with zero attached hydrogens (tertiary/aromatic N) is 2. The fraction of sp³-hybridized carbons (Fsp3) is 0.118. The van der Waals surface area contributed by atoms with Gasteiger partial charge in [-0.1, -0.05) is 12.1 Å². The predicted octanol–water partition coefficient (Wildman–Crippen LogP) is 3.15. The molecule has 0 atom stereocenters. The van der Waals surface area contributed by atoms with Crippen LogP contribution in [0.5, 0.6) is 5.75 Å². The molecule has 0 bridgehead atoms. The fourth-order valence-corrected chi connectivity index (χ4v) is 2.48. The summed E-state index contributed by atoms with van der Waals surface area (Å²) < 4.78 is 7.29. The molecule has 0 saturated carbocycles. The van der Waals surface area contributed by atoms with Crippen LogP contribution < -0.4 is 10.5 Å². The van der Waals surface area contributed by atoms with Crippen LogP contribution in [0.15, 0.2) is 48.7 Å². The number of fused-ring (bicyclic) bond motifs is 1. The maximum atomic E-state index is 9.15. The van der Waals surface area contributed by atoms with Crippen molar-refractivity contribution in [3.05, 3.63) is 59.8 Å². The van der Waals surface area contributed by atoms with E-state index in [4.69, 9.17) is 15.7 Å². The van der Waals surface area contributed by atoms with Crippen molar-refractivity contribution in [1.29, 1.82) is 5.26 Å². The summed E-state index contributed by atoms with van der Waals surface area (Å²) in [6.45, 7) is 0.686. The molecule has 0 aliphatic rings. The van der Waals surface area contributed by atoms with Gasteiger partial charge in [-0.3, -0.25) is 0 Å². The van der Waals surface area contributed by atoms with E-state index in [-0.39, 0.29) is 0 Å². The Morgan fingerprint density at radius 2 is 2.05 bits per heavy atom. The van der Waals surface area contributed by atoms with Crippen molar-refractivity contribution in [3.8, 4) is 11.8 Å². The lowest BCUT2D eigenvalue weighted by Gasteiger charge is -2.08. The summed E-state index contributed by atoms with van der Waals surface area (Å²) in [6, 6.07) is 15.7. The van der Waals surface area contributed by atoms with Gasteiger partial charge in [0.15, 0.2) is 0 Å². The van der Waals surface area contributed by atoms with E-state index in [1.165, 1.54) is 0 Å². The Morgan fingerprint density at radius 1 is 1.19 bits per heavy atom. The average molecular weight is 277 g/mol. The van der Waals surface area contributed by atoms with E-state index in [0.717, 1.165) is 22.2 Å². The number of anilines is 1. The third-order valence-corrected chi connectivity index (χ3v) is 3.54. The second-order valence-electron chi connectivity index (χ2n) is 4.91. The first kappa shape index (κ1) is 13.1. The van der Waals surface area contributed by atoms with E-state index >= 15 is 0 Å². The molecular formula is C17H15N3O. The number of hydrogen-bond acceptors (Lipinski definition) is 3. The molecule has 3 rings (SSSR count). The molecule has 0 fully saturated rings. The summed E-state index contributed by atoms with van der Waals surface area (Å²) >= 11 is 0. The van der Waals surface area contributed by atoms with E-state index in [1.54, 1.807) is 7.11 Å². The minimum Gasteiger partial charge on any atom is -0.495 e. The molecule has 21 heavy (non-hydrogen) atoms. The number of benzene rings is 2. The molecule has 0 spiro atoms. The standard InChI is InChI=1S/C17H15N3O/c1-21-17-5-2-12(8-14(17)10-18)11-20-7-6-13-3-4-15(19)9-16(13)20/h2-9H,11,19H2,1H3. The summed E-state index contributed by atoms with van der Waals surface area (Å²) in [7, 11) is 1.57. The maximum Gasteiger partial charge on any atom is 0.136 e. The van der Waals surface area contributed by atoms with Gasteiger partial charge in [0, 0.05) is 18.4 Å². The molecule has 1 aromatic heterocycles. The molecule has 2 N–H and O–H groups in total. The van der Waals surface area contributed by atoms with Crippen LogP contribution in [0.2, 0.25) is 0 Å². The van der Waals surface area contributed by atoms with E-state index in [1.807, 2.05) is 42.6 Å². The van der Waals surface area contributed by atoms with Crippen molar-refractivity contribution < 1.29 is 4.74 Å². The van der Waals surface area contributed by atoms with Gasteiger partial charge in [-0.2, -0.15) is 5.26 Å². The summed E-state index contributed by atoms with van der Waals surface area (Å²) in [5.74, 6) is 0.600. The van der Waals surface area contributed by atoms with Crippen molar-refractivity contribution in [2.45, 2.75) is 6.54 Å². The first-order valence-corrected chi connectivity index (χ1v) is 6.62. The zero-order chi connectivity index (χ0) is 14.8. The largest absolute Gasteiger partial charge is 0.495 e. The summed E-state index contributed by atoms with van der Waals surface area (Å²) in [5.41, 5.74) is 9.28. The molecule has 4 nitrogen and oxygen atoms in total. The van der Waals surface area contributed by atoms with E-state index in [9.17, 15) is 0 Å². The molecule has 0 unspecified atom stereocenters. The van der Waals surface area contributed by atoms with Crippen molar-refractivity contribution in [2.75, 3.05) is 12.8 Å². The zero-order valence-corrected chi connectivity index (χ0v) is 11.7. The quantitative estimate of drug-likeness (QED) is 0.748. The first-order chi connectivity index (χ1) is 10.2. The van der Waals surface area contributed by atoms with Crippen LogP contribution in [-0.4, -0.2) is 11.7 Å². The van der Waals surface area contributed by atoms with E-state index in [0.29, 0.717) is 17.9 Å². The number of nitrogen functional groups attached to an aromatic ring is 1. The summed E-state index contributed by atoms with van der Waals surface area (Å²) in [5, 5.41) is 10.3. The number of methoxy groups -OCH3 is 1. The topological polar surface area (TPSA) is 64.0 Å². The highest BCUT2D eigenvalue weighted by molar-refractivity contribution is 5.83. The first-order valence-electron chi connectivity index (χ1n) is 6.62. The Labute approximate surface area is 123 Å². The minimum atomic E-state index is 0.547. The van der Waals surface area contributed by atoms with Gasteiger partial charge in [0.1, 0.15) is 11.8 Å². The third-order valence-electron chi connectivity index (χ3n) is 3.54. The van der Waals surface area contributed by atoms with Gasteiger partial charge in [-0.15, -0.1) is 0 Å². The second-order valence-corrected chi connectivity index (χ2v) is 4.91. The molecule has 0 aliphatic carbocycles. The fourth-order valence-electron chi connectivity index (χ4n) is 2.48. The van der Waals surface area contributed by atoms with Gasteiger partial charge >= 0.3 is 0 Å². The third kappa shape index (κ3) is 2.41. The minimum absolute atomic E-state index is 0.547. The van der Waals surface area contributed by atoms with Gasteiger partial charge in [0.05, 0.1) is 18.2 Å². The highest BCUT2D eigenvalue weighted by atomic mass is 16.5. The molecule has 0 saturated heterocycles. The van der Waals surface area contributed by atoms with Crippen LogP contribution in [-0.2, 0) is 6.54 Å². The molecule has 0 amide bonds. The van der Waals surface area contributed by atoms with Crippen LogP contribution >= 0.6 is 0 Å². The normalized spacial score (nSPS) is 10.5. The maximum absolute atomic E-state index is 9.15. The Kier molecular flexibility index (Phi) is 3.25. The smallest absolute Gasteiger partial charge is 0.136 e. The van der Waals surface area contributed by atoms with Gasteiger partial charge in [-0.05, 0) is 41.3 Å². The van der Waals surface area contributed by atoms with Crippen LogP contribution in [0.3, 0.4) is 0 Å². The van der Waals surface area contributed by atoms with Crippen molar-refractivity contribution in [2.24, 2.45) is 0 Å².